The molecule has 110 valence electrons. The molecule has 2 rings (SSSR count). The maximum absolute atomic E-state index is 11.0. The van der Waals surface area contributed by atoms with E-state index in [1.165, 1.54) is 6.92 Å². The van der Waals surface area contributed by atoms with E-state index in [1.807, 2.05) is 30.3 Å². The van der Waals surface area contributed by atoms with E-state index in [9.17, 15) is 9.90 Å². The van der Waals surface area contributed by atoms with Crippen molar-refractivity contribution < 1.29 is 9.90 Å². The Morgan fingerprint density at radius 3 is 2.33 bits per heavy atom. The molecule has 2 unspecified atom stereocenters. The van der Waals surface area contributed by atoms with Crippen LogP contribution in [-0.4, -0.2) is 17.1 Å². The third-order valence-electron chi connectivity index (χ3n) is 3.29. The Labute approximate surface area is 124 Å². The van der Waals surface area contributed by atoms with Crippen LogP contribution in [0, 0.1) is 0 Å². The predicted octanol–water partition coefficient (Wildman–Crippen LogP) is 2.25. The van der Waals surface area contributed by atoms with Crippen LogP contribution < -0.4 is 11.1 Å². The van der Waals surface area contributed by atoms with Gasteiger partial charge in [0.2, 0.25) is 5.91 Å². The van der Waals surface area contributed by atoms with Crippen LogP contribution in [0.25, 0.3) is 0 Å². The van der Waals surface area contributed by atoms with Crippen LogP contribution in [0.3, 0.4) is 0 Å². The zero-order valence-electron chi connectivity index (χ0n) is 12.0. The van der Waals surface area contributed by atoms with Crippen molar-refractivity contribution in [3.8, 4) is 0 Å². The van der Waals surface area contributed by atoms with Crippen LogP contribution in [-0.2, 0) is 11.2 Å². The van der Waals surface area contributed by atoms with Crippen molar-refractivity contribution in [2.45, 2.75) is 25.5 Å². The molecule has 0 spiro atoms. The summed E-state index contributed by atoms with van der Waals surface area (Å²) in [7, 11) is 0. The zero-order chi connectivity index (χ0) is 15.2. The summed E-state index contributed by atoms with van der Waals surface area (Å²) in [6.07, 6.45) is -0.133. The topological polar surface area (TPSA) is 75.3 Å². The van der Waals surface area contributed by atoms with Crippen molar-refractivity contribution in [1.29, 1.82) is 0 Å². The first-order chi connectivity index (χ1) is 10.1. The first-order valence-corrected chi connectivity index (χ1v) is 6.91. The molecular weight excluding hydrogens is 264 g/mol. The number of rotatable bonds is 5. The summed E-state index contributed by atoms with van der Waals surface area (Å²) in [6.45, 7) is 1.46. The first kappa shape index (κ1) is 15.2. The first-order valence-electron chi connectivity index (χ1n) is 6.91. The van der Waals surface area contributed by atoms with Gasteiger partial charge in [0.1, 0.15) is 0 Å². The van der Waals surface area contributed by atoms with Gasteiger partial charge in [0, 0.05) is 18.7 Å². The minimum Gasteiger partial charge on any atom is -0.387 e. The predicted molar refractivity (Wildman–Crippen MR) is 83.8 cm³/mol. The molecule has 0 aliphatic heterocycles. The van der Waals surface area contributed by atoms with Gasteiger partial charge in [-0.2, -0.15) is 0 Å². The van der Waals surface area contributed by atoms with Gasteiger partial charge in [0.15, 0.2) is 0 Å². The lowest BCUT2D eigenvalue weighted by Gasteiger charge is -2.19. The van der Waals surface area contributed by atoms with Crippen LogP contribution in [0.2, 0.25) is 0 Å². The molecule has 21 heavy (non-hydrogen) atoms. The van der Waals surface area contributed by atoms with Crippen molar-refractivity contribution in [2.24, 2.45) is 5.73 Å². The maximum atomic E-state index is 11.0. The molecular formula is C17H20N2O2. The van der Waals surface area contributed by atoms with Crippen LogP contribution in [0.4, 0.5) is 5.69 Å². The number of aliphatic hydroxyl groups excluding tert-OH is 1. The van der Waals surface area contributed by atoms with Gasteiger partial charge in [-0.05, 0) is 29.7 Å². The van der Waals surface area contributed by atoms with E-state index < -0.39 is 6.10 Å². The Hall–Kier alpha value is -2.17. The Bertz CT molecular complexity index is 581. The number of aliphatic hydroxyl groups is 1. The molecule has 2 atom stereocenters. The molecule has 0 radical (unpaired) electrons. The fraction of sp³-hybridized carbons (Fsp3) is 0.235. The number of amides is 1. The molecule has 2 aromatic carbocycles. The van der Waals surface area contributed by atoms with Gasteiger partial charge >= 0.3 is 0 Å². The number of hydrogen-bond donors (Lipinski definition) is 3. The smallest absolute Gasteiger partial charge is 0.221 e. The minimum absolute atomic E-state index is 0.121. The molecule has 0 bridgehead atoms. The van der Waals surface area contributed by atoms with Gasteiger partial charge in [-0.3, -0.25) is 4.79 Å². The second kappa shape index (κ2) is 7.02. The van der Waals surface area contributed by atoms with E-state index in [-0.39, 0.29) is 11.9 Å². The zero-order valence-corrected chi connectivity index (χ0v) is 12.0. The van der Waals surface area contributed by atoms with E-state index in [4.69, 9.17) is 5.73 Å². The van der Waals surface area contributed by atoms with Gasteiger partial charge < -0.3 is 16.2 Å². The highest BCUT2D eigenvalue weighted by molar-refractivity contribution is 5.88. The Balaban J connectivity index is 2.01. The van der Waals surface area contributed by atoms with Crippen LogP contribution in [0.5, 0.6) is 0 Å². The summed E-state index contributed by atoms with van der Waals surface area (Å²) in [5, 5.41) is 13.0. The highest BCUT2D eigenvalue weighted by Crippen LogP contribution is 2.20. The number of nitrogens with one attached hydrogen (secondary N) is 1. The molecule has 0 aromatic heterocycles. The summed E-state index contributed by atoms with van der Waals surface area (Å²) < 4.78 is 0. The Kier molecular flexibility index (Phi) is 5.09. The number of anilines is 1. The molecule has 0 aliphatic carbocycles. The maximum Gasteiger partial charge on any atom is 0.221 e. The van der Waals surface area contributed by atoms with Crippen molar-refractivity contribution >= 4 is 11.6 Å². The minimum atomic E-state index is -0.739. The van der Waals surface area contributed by atoms with Gasteiger partial charge in [-0.1, -0.05) is 42.5 Å². The van der Waals surface area contributed by atoms with Crippen molar-refractivity contribution in [3.05, 3.63) is 65.7 Å². The van der Waals surface area contributed by atoms with E-state index in [2.05, 4.69) is 5.32 Å². The summed E-state index contributed by atoms with van der Waals surface area (Å²) >= 11 is 0. The largest absolute Gasteiger partial charge is 0.387 e. The molecule has 0 saturated heterocycles. The van der Waals surface area contributed by atoms with Crippen molar-refractivity contribution in [1.82, 2.24) is 0 Å². The quantitative estimate of drug-likeness (QED) is 0.788. The van der Waals surface area contributed by atoms with Crippen LogP contribution >= 0.6 is 0 Å². The van der Waals surface area contributed by atoms with Gasteiger partial charge in [0.05, 0.1) is 6.10 Å². The summed E-state index contributed by atoms with van der Waals surface area (Å²) in [6, 6.07) is 16.5. The SMILES string of the molecule is CC(=O)Nc1ccc(C(O)C(N)Cc2ccccc2)cc1. The van der Waals surface area contributed by atoms with E-state index in [0.29, 0.717) is 12.1 Å². The number of nitrogens with two attached hydrogens (primary N) is 1. The number of hydrogen-bond acceptors (Lipinski definition) is 3. The van der Waals surface area contributed by atoms with Gasteiger partial charge in [0.25, 0.3) is 0 Å². The normalized spacial score (nSPS) is 13.5. The molecule has 4 N–H and O–H groups in total. The molecule has 2 aromatic rings. The van der Waals surface area contributed by atoms with Crippen LogP contribution in [0.1, 0.15) is 24.2 Å². The third-order valence-corrected chi connectivity index (χ3v) is 3.29. The standard InChI is InChI=1S/C17H20N2O2/c1-12(20)19-15-9-7-14(8-10-15)17(21)16(18)11-13-5-3-2-4-6-13/h2-10,16-17,21H,11,18H2,1H3,(H,19,20). The monoisotopic (exact) mass is 284 g/mol. The van der Waals surface area contributed by atoms with Crippen molar-refractivity contribution in [3.63, 3.8) is 0 Å². The molecule has 0 saturated carbocycles. The summed E-state index contributed by atoms with van der Waals surface area (Å²) in [5.41, 5.74) is 8.62. The highest BCUT2D eigenvalue weighted by Gasteiger charge is 2.17. The molecule has 4 heteroatoms. The molecule has 0 fully saturated rings. The highest BCUT2D eigenvalue weighted by atomic mass is 16.3. The van der Waals surface area contributed by atoms with E-state index in [1.54, 1.807) is 24.3 Å². The lowest BCUT2D eigenvalue weighted by atomic mass is 9.97. The van der Waals surface area contributed by atoms with Gasteiger partial charge in [-0.15, -0.1) is 0 Å². The fourth-order valence-corrected chi connectivity index (χ4v) is 2.21. The number of benzene rings is 2. The lowest BCUT2D eigenvalue weighted by Crippen LogP contribution is -2.30. The summed E-state index contributed by atoms with van der Waals surface area (Å²) in [4.78, 5) is 11.0. The number of carbonyl (C=O) groups is 1. The molecule has 1 amide bonds. The fourth-order valence-electron chi connectivity index (χ4n) is 2.21. The van der Waals surface area contributed by atoms with Crippen molar-refractivity contribution in [2.75, 3.05) is 5.32 Å². The average molecular weight is 284 g/mol. The average Bonchev–Trinajstić information content (AvgIpc) is 2.47. The Morgan fingerprint density at radius 2 is 1.76 bits per heavy atom. The third kappa shape index (κ3) is 4.41. The molecule has 4 nitrogen and oxygen atoms in total. The summed E-state index contributed by atoms with van der Waals surface area (Å²) in [5.74, 6) is -0.121. The van der Waals surface area contributed by atoms with E-state index >= 15 is 0 Å². The second-order valence-corrected chi connectivity index (χ2v) is 5.10. The lowest BCUT2D eigenvalue weighted by molar-refractivity contribution is -0.114. The molecule has 0 aliphatic rings. The van der Waals surface area contributed by atoms with E-state index in [0.717, 1.165) is 11.1 Å². The Morgan fingerprint density at radius 1 is 1.14 bits per heavy atom. The number of carbonyl (C=O) groups excluding carboxylic acids is 1. The molecule has 0 heterocycles. The van der Waals surface area contributed by atoms with Crippen LogP contribution in [0.15, 0.2) is 54.6 Å². The van der Waals surface area contributed by atoms with Gasteiger partial charge in [-0.25, -0.2) is 0 Å². The second-order valence-electron chi connectivity index (χ2n) is 5.10.